The molecule has 1 amide bonds. The van der Waals surface area contributed by atoms with E-state index in [2.05, 4.69) is 67.0 Å². The topological polar surface area (TPSA) is 72.6 Å². The monoisotopic (exact) mass is 549 g/mol. The summed E-state index contributed by atoms with van der Waals surface area (Å²) < 4.78 is 12.1. The maximum absolute atomic E-state index is 12.7. The first kappa shape index (κ1) is 31.2. The highest BCUT2D eigenvalue weighted by Gasteiger charge is 2.49. The third-order valence-corrected chi connectivity index (χ3v) is 10.4. The van der Waals surface area contributed by atoms with Crippen molar-refractivity contribution in [1.82, 2.24) is 25.3 Å². The molecule has 39 heavy (non-hydrogen) atoms. The first-order valence-electron chi connectivity index (χ1n) is 16.3. The van der Waals surface area contributed by atoms with Crippen molar-refractivity contribution in [2.24, 2.45) is 23.7 Å². The number of nitrogens with one attached hydrogen (secondary N) is 2. The maximum atomic E-state index is 12.7. The van der Waals surface area contributed by atoms with Gasteiger partial charge >= 0.3 is 0 Å². The summed E-state index contributed by atoms with van der Waals surface area (Å²) >= 11 is 0. The Balaban J connectivity index is 1.38. The van der Waals surface area contributed by atoms with Gasteiger partial charge in [-0.3, -0.25) is 15.0 Å². The van der Waals surface area contributed by atoms with Crippen molar-refractivity contribution in [2.75, 3.05) is 66.1 Å². The van der Waals surface area contributed by atoms with Gasteiger partial charge in [-0.1, -0.05) is 27.7 Å². The lowest BCUT2D eigenvalue weighted by atomic mass is 9.79. The smallest absolute Gasteiger partial charge is 0.224 e. The summed E-state index contributed by atoms with van der Waals surface area (Å²) in [5, 5.41) is 6.82. The van der Waals surface area contributed by atoms with Gasteiger partial charge in [0.05, 0.1) is 5.92 Å². The number of ether oxygens (including phenoxy) is 2. The molecule has 0 aromatic carbocycles. The van der Waals surface area contributed by atoms with E-state index in [1.165, 1.54) is 52.0 Å². The highest BCUT2D eigenvalue weighted by Crippen LogP contribution is 2.40. The van der Waals surface area contributed by atoms with Crippen molar-refractivity contribution in [2.45, 2.75) is 104 Å². The van der Waals surface area contributed by atoms with Crippen LogP contribution in [0.25, 0.3) is 0 Å². The van der Waals surface area contributed by atoms with Gasteiger partial charge < -0.3 is 24.6 Å². The Labute approximate surface area is 238 Å². The van der Waals surface area contributed by atoms with Crippen molar-refractivity contribution in [1.29, 1.82) is 0 Å². The highest BCUT2D eigenvalue weighted by atomic mass is 16.6. The van der Waals surface area contributed by atoms with E-state index >= 15 is 0 Å². The largest absolute Gasteiger partial charge is 0.381 e. The fraction of sp³-hybridized carbons (Fsp3) is 0.968. The number of hydrogen-bond acceptors (Lipinski definition) is 7. The molecular weight excluding hydrogens is 490 g/mol. The van der Waals surface area contributed by atoms with Crippen LogP contribution in [0.15, 0.2) is 0 Å². The second-order valence-corrected chi connectivity index (χ2v) is 13.1. The molecule has 4 rings (SSSR count). The molecule has 4 aliphatic rings. The third kappa shape index (κ3) is 8.39. The molecule has 4 saturated heterocycles. The van der Waals surface area contributed by atoms with Gasteiger partial charge in [-0.05, 0) is 83.3 Å². The normalized spacial score (nSPS) is 33.6. The fourth-order valence-corrected chi connectivity index (χ4v) is 7.86. The Bertz CT molecular complexity index is 742. The molecule has 4 heterocycles. The number of likely N-dealkylation sites (N-methyl/N-ethyl adjacent to an activating group) is 1. The summed E-state index contributed by atoms with van der Waals surface area (Å²) in [5.41, 5.74) is 0. The number of nitrogens with zero attached hydrogens (tertiary/aromatic N) is 3. The van der Waals surface area contributed by atoms with Crippen LogP contribution in [0.1, 0.15) is 73.1 Å². The molecule has 8 unspecified atom stereocenters. The molecule has 2 N–H and O–H groups in total. The average Bonchev–Trinajstić information content (AvgIpc) is 3.69. The van der Waals surface area contributed by atoms with E-state index in [9.17, 15) is 4.79 Å². The SMILES string of the molecule is CCC(C(C)C(CCCN1CCN(C)CC1)C1OC1NCC1C(=O)NC(C)CC1C)N(CC)C1CCOCC1. The van der Waals surface area contributed by atoms with Gasteiger partial charge in [0.2, 0.25) is 5.91 Å². The van der Waals surface area contributed by atoms with Crippen LogP contribution >= 0.6 is 0 Å². The maximum Gasteiger partial charge on any atom is 0.224 e. The van der Waals surface area contributed by atoms with E-state index in [0.717, 1.165) is 39.0 Å². The molecule has 4 fully saturated rings. The molecule has 0 aromatic rings. The highest BCUT2D eigenvalue weighted by molar-refractivity contribution is 5.80. The number of carbonyl (C=O) groups excluding carboxylic acids is 1. The van der Waals surface area contributed by atoms with Crippen molar-refractivity contribution >= 4 is 5.91 Å². The van der Waals surface area contributed by atoms with E-state index in [1.54, 1.807) is 0 Å². The quantitative estimate of drug-likeness (QED) is 0.323. The minimum absolute atomic E-state index is 0.0339. The van der Waals surface area contributed by atoms with Crippen molar-refractivity contribution < 1.29 is 14.3 Å². The van der Waals surface area contributed by atoms with E-state index in [4.69, 9.17) is 9.47 Å². The molecule has 0 bridgehead atoms. The predicted molar refractivity (Wildman–Crippen MR) is 158 cm³/mol. The standard InChI is InChI=1S/C31H59N5O3/c1-7-28(36(8-2)25-11-18-38-19-12-25)24(5)26(10-9-13-35-16-14-34(6)15-17-35)29-31(39-29)32-21-27-22(3)20-23(4)33-30(27)37/h22-29,31-32H,7-21H2,1-6H3,(H,33,37). The van der Waals surface area contributed by atoms with Crippen LogP contribution in [0.2, 0.25) is 0 Å². The zero-order chi connectivity index (χ0) is 27.9. The van der Waals surface area contributed by atoms with E-state index in [-0.39, 0.29) is 30.2 Å². The van der Waals surface area contributed by atoms with E-state index in [0.29, 0.717) is 36.4 Å². The molecule has 0 aliphatic carbocycles. The molecule has 8 atom stereocenters. The van der Waals surface area contributed by atoms with Crippen LogP contribution in [0.4, 0.5) is 0 Å². The number of hydrogen-bond donors (Lipinski definition) is 2. The van der Waals surface area contributed by atoms with Gasteiger partial charge in [-0.15, -0.1) is 0 Å². The van der Waals surface area contributed by atoms with Crippen molar-refractivity contribution in [3.05, 3.63) is 0 Å². The minimum Gasteiger partial charge on any atom is -0.381 e. The molecule has 8 heteroatoms. The van der Waals surface area contributed by atoms with Gasteiger partial charge in [0.1, 0.15) is 12.3 Å². The summed E-state index contributed by atoms with van der Waals surface area (Å²) in [5.74, 6) is 1.71. The van der Waals surface area contributed by atoms with E-state index < -0.39 is 0 Å². The Morgan fingerprint density at radius 1 is 1.13 bits per heavy atom. The van der Waals surface area contributed by atoms with Crippen molar-refractivity contribution in [3.63, 3.8) is 0 Å². The molecule has 0 radical (unpaired) electrons. The van der Waals surface area contributed by atoms with Gasteiger partial charge in [0.15, 0.2) is 0 Å². The summed E-state index contributed by atoms with van der Waals surface area (Å²) in [6, 6.07) is 1.47. The summed E-state index contributed by atoms with van der Waals surface area (Å²) in [7, 11) is 2.23. The van der Waals surface area contributed by atoms with Crippen LogP contribution in [0, 0.1) is 23.7 Å². The molecule has 0 saturated carbocycles. The Morgan fingerprint density at radius 3 is 2.49 bits per heavy atom. The van der Waals surface area contributed by atoms with Gasteiger partial charge in [-0.25, -0.2) is 0 Å². The van der Waals surface area contributed by atoms with Crippen LogP contribution in [-0.2, 0) is 14.3 Å². The Kier molecular flexibility index (Phi) is 11.9. The van der Waals surface area contributed by atoms with Crippen LogP contribution < -0.4 is 10.6 Å². The average molecular weight is 550 g/mol. The molecular formula is C31H59N5O3. The van der Waals surface area contributed by atoms with Gasteiger partial charge in [0, 0.05) is 64.1 Å². The Hall–Kier alpha value is -0.770. The predicted octanol–water partition coefficient (Wildman–Crippen LogP) is 3.02. The lowest BCUT2D eigenvalue weighted by molar-refractivity contribution is -0.129. The van der Waals surface area contributed by atoms with Crippen molar-refractivity contribution in [3.8, 4) is 0 Å². The van der Waals surface area contributed by atoms with Gasteiger partial charge in [0.25, 0.3) is 0 Å². The first-order chi connectivity index (χ1) is 18.8. The molecule has 4 aliphatic heterocycles. The van der Waals surface area contributed by atoms with Crippen LogP contribution in [0.3, 0.4) is 0 Å². The van der Waals surface area contributed by atoms with Gasteiger partial charge in [-0.2, -0.15) is 0 Å². The molecule has 8 nitrogen and oxygen atoms in total. The fourth-order valence-electron chi connectivity index (χ4n) is 7.86. The lowest BCUT2D eigenvalue weighted by Crippen LogP contribution is -2.51. The first-order valence-corrected chi connectivity index (χ1v) is 16.3. The number of piperazine rings is 1. The van der Waals surface area contributed by atoms with Crippen LogP contribution in [-0.4, -0.2) is 117 Å². The zero-order valence-electron chi connectivity index (χ0n) is 25.9. The Morgan fingerprint density at radius 2 is 1.85 bits per heavy atom. The van der Waals surface area contributed by atoms with E-state index in [1.807, 2.05) is 0 Å². The number of epoxide rings is 1. The van der Waals surface area contributed by atoms with Crippen LogP contribution in [0.5, 0.6) is 0 Å². The number of carbonyl (C=O) groups is 1. The molecule has 0 spiro atoms. The second-order valence-electron chi connectivity index (χ2n) is 13.1. The summed E-state index contributed by atoms with van der Waals surface area (Å²) in [4.78, 5) is 20.5. The number of amides is 1. The minimum atomic E-state index is 0.0339. The molecule has 226 valence electrons. The second kappa shape index (κ2) is 14.9. The zero-order valence-corrected chi connectivity index (χ0v) is 25.9. The number of piperidine rings is 1. The molecule has 0 aromatic heterocycles. The summed E-state index contributed by atoms with van der Waals surface area (Å²) in [6.07, 6.45) is 7.28. The number of rotatable bonds is 14. The lowest BCUT2D eigenvalue weighted by Gasteiger charge is -2.43. The summed E-state index contributed by atoms with van der Waals surface area (Å²) in [6.45, 7) is 21.0. The third-order valence-electron chi connectivity index (χ3n) is 10.4.